The number of hydrogen-bond donors (Lipinski definition) is 0. The molecule has 0 amide bonds. The third-order valence-electron chi connectivity index (χ3n) is 8.17. The largest absolute Gasteiger partial charge is 0.310 e. The van der Waals surface area contributed by atoms with E-state index in [1.807, 2.05) is 12.2 Å². The molecule has 37 heavy (non-hydrogen) atoms. The molecule has 0 saturated heterocycles. The number of rotatable bonds is 4. The molecule has 1 aromatic heterocycles. The van der Waals surface area contributed by atoms with Crippen LogP contribution in [0.2, 0.25) is 0 Å². The molecule has 1 heterocycles. The van der Waals surface area contributed by atoms with Crippen molar-refractivity contribution in [3.8, 4) is 22.3 Å². The molecule has 4 aromatic carbocycles. The van der Waals surface area contributed by atoms with Crippen LogP contribution in [0.5, 0.6) is 0 Å². The van der Waals surface area contributed by atoms with Crippen molar-refractivity contribution in [2.45, 2.75) is 40.0 Å². The SMILES string of the molecule is C=C/C=C\C(=C/C)n1c2ccccc2c2cc(C)c(-c3c(C)ccc4c3C(C)(C)c3ccccc3-4)cc21. The lowest BCUT2D eigenvalue weighted by atomic mass is 9.77. The fourth-order valence-electron chi connectivity index (χ4n) is 6.46. The van der Waals surface area contributed by atoms with Gasteiger partial charge in [-0.05, 0) is 89.6 Å². The highest BCUT2D eigenvalue weighted by Crippen LogP contribution is 2.53. The Morgan fingerprint density at radius 1 is 0.784 bits per heavy atom. The molecule has 0 unspecified atom stereocenters. The van der Waals surface area contributed by atoms with Crippen LogP contribution in [0.1, 0.15) is 43.0 Å². The van der Waals surface area contributed by atoms with Gasteiger partial charge in [0.25, 0.3) is 0 Å². The minimum absolute atomic E-state index is 0.0669. The molecule has 1 heteroatoms. The second-order valence-corrected chi connectivity index (χ2v) is 10.7. The first-order valence-corrected chi connectivity index (χ1v) is 13.1. The minimum Gasteiger partial charge on any atom is -0.310 e. The molecule has 0 N–H and O–H groups in total. The van der Waals surface area contributed by atoms with Crippen molar-refractivity contribution in [2.24, 2.45) is 0 Å². The summed E-state index contributed by atoms with van der Waals surface area (Å²) in [4.78, 5) is 0. The maximum Gasteiger partial charge on any atom is 0.0547 e. The zero-order valence-corrected chi connectivity index (χ0v) is 22.4. The lowest BCUT2D eigenvalue weighted by Crippen LogP contribution is -2.17. The van der Waals surface area contributed by atoms with Crippen LogP contribution in [-0.4, -0.2) is 4.57 Å². The van der Waals surface area contributed by atoms with E-state index in [0.29, 0.717) is 0 Å². The molecular weight excluding hydrogens is 446 g/mol. The average molecular weight is 480 g/mol. The van der Waals surface area contributed by atoms with E-state index in [1.165, 1.54) is 66.3 Å². The van der Waals surface area contributed by atoms with Gasteiger partial charge in [-0.3, -0.25) is 0 Å². The van der Waals surface area contributed by atoms with Gasteiger partial charge < -0.3 is 4.57 Å². The number of hydrogen-bond acceptors (Lipinski definition) is 0. The summed E-state index contributed by atoms with van der Waals surface area (Å²) in [5, 5.41) is 2.57. The summed E-state index contributed by atoms with van der Waals surface area (Å²) in [5.74, 6) is 0. The second-order valence-electron chi connectivity index (χ2n) is 10.7. The highest BCUT2D eigenvalue weighted by molar-refractivity contribution is 6.12. The number of aromatic nitrogens is 1. The predicted octanol–water partition coefficient (Wildman–Crippen LogP) is 9.99. The fourth-order valence-corrected chi connectivity index (χ4v) is 6.46. The van der Waals surface area contributed by atoms with Crippen molar-refractivity contribution in [3.05, 3.63) is 126 Å². The molecule has 182 valence electrons. The first kappa shape index (κ1) is 23.3. The molecule has 0 aliphatic heterocycles. The summed E-state index contributed by atoms with van der Waals surface area (Å²) >= 11 is 0. The van der Waals surface area contributed by atoms with Crippen molar-refractivity contribution in [2.75, 3.05) is 0 Å². The van der Waals surface area contributed by atoms with Crippen LogP contribution in [0, 0.1) is 13.8 Å². The Morgan fingerprint density at radius 3 is 2.32 bits per heavy atom. The predicted molar refractivity (Wildman–Crippen MR) is 161 cm³/mol. The van der Waals surface area contributed by atoms with Crippen molar-refractivity contribution in [1.82, 2.24) is 4.57 Å². The Bertz CT molecular complexity index is 1790. The van der Waals surface area contributed by atoms with E-state index in [-0.39, 0.29) is 5.41 Å². The van der Waals surface area contributed by atoms with Gasteiger partial charge in [0.15, 0.2) is 0 Å². The molecule has 0 fully saturated rings. The van der Waals surface area contributed by atoms with Gasteiger partial charge in [0.05, 0.1) is 11.0 Å². The Morgan fingerprint density at radius 2 is 1.54 bits per heavy atom. The highest BCUT2D eigenvalue weighted by Gasteiger charge is 2.38. The van der Waals surface area contributed by atoms with Crippen molar-refractivity contribution >= 4 is 27.5 Å². The normalized spacial score (nSPS) is 14.5. The lowest BCUT2D eigenvalue weighted by Gasteiger charge is -2.26. The zero-order valence-electron chi connectivity index (χ0n) is 22.4. The molecule has 0 atom stereocenters. The lowest BCUT2D eigenvalue weighted by molar-refractivity contribution is 0.661. The molecule has 6 rings (SSSR count). The number of nitrogens with zero attached hydrogens (tertiary/aromatic N) is 1. The first-order chi connectivity index (χ1) is 17.9. The number of para-hydroxylation sites is 1. The Kier molecular flexibility index (Phi) is 5.35. The van der Waals surface area contributed by atoms with Gasteiger partial charge >= 0.3 is 0 Å². The van der Waals surface area contributed by atoms with E-state index >= 15 is 0 Å². The molecule has 0 radical (unpaired) electrons. The van der Waals surface area contributed by atoms with Gasteiger partial charge in [-0.15, -0.1) is 0 Å². The van der Waals surface area contributed by atoms with Gasteiger partial charge in [0, 0.05) is 21.9 Å². The van der Waals surface area contributed by atoms with Crippen LogP contribution in [-0.2, 0) is 5.41 Å². The van der Waals surface area contributed by atoms with E-state index in [0.717, 1.165) is 5.70 Å². The van der Waals surface area contributed by atoms with Gasteiger partial charge in [0.1, 0.15) is 0 Å². The number of fused-ring (bicyclic) bond motifs is 6. The summed E-state index contributed by atoms with van der Waals surface area (Å²) < 4.78 is 2.39. The maximum atomic E-state index is 3.89. The summed E-state index contributed by atoms with van der Waals surface area (Å²) in [7, 11) is 0. The standard InChI is InChI=1S/C36H33N/c1-7-9-14-25(8-2)37-32-18-13-11-16-27(32)30-21-24(4)29(22-33(30)37)34-23(3)19-20-28-26-15-10-12-17-31(26)36(5,6)35(28)34/h7-22H,1H2,2-6H3/b14-9-,25-8+. The average Bonchev–Trinajstić information content (AvgIpc) is 3.33. The number of benzene rings is 4. The number of aryl methyl sites for hydroxylation is 2. The summed E-state index contributed by atoms with van der Waals surface area (Å²) in [6, 6.07) is 27.1. The van der Waals surface area contributed by atoms with Crippen LogP contribution in [0.3, 0.4) is 0 Å². The Hall–Kier alpha value is -4.10. The van der Waals surface area contributed by atoms with E-state index in [1.54, 1.807) is 0 Å². The van der Waals surface area contributed by atoms with E-state index in [2.05, 4.69) is 131 Å². The van der Waals surface area contributed by atoms with Crippen molar-refractivity contribution in [3.63, 3.8) is 0 Å². The van der Waals surface area contributed by atoms with Crippen LogP contribution in [0.4, 0.5) is 0 Å². The van der Waals surface area contributed by atoms with Gasteiger partial charge in [0.2, 0.25) is 0 Å². The zero-order chi connectivity index (χ0) is 25.9. The molecule has 0 bridgehead atoms. The van der Waals surface area contributed by atoms with Crippen LogP contribution < -0.4 is 0 Å². The third-order valence-corrected chi connectivity index (χ3v) is 8.17. The Labute approximate surface area is 220 Å². The summed E-state index contributed by atoms with van der Waals surface area (Å²) in [5.41, 5.74) is 14.4. The monoisotopic (exact) mass is 479 g/mol. The molecule has 1 aliphatic rings. The summed E-state index contributed by atoms with van der Waals surface area (Å²) in [6.07, 6.45) is 8.17. The topological polar surface area (TPSA) is 4.93 Å². The molecule has 0 spiro atoms. The van der Waals surface area contributed by atoms with E-state index in [4.69, 9.17) is 0 Å². The minimum atomic E-state index is -0.0669. The first-order valence-electron chi connectivity index (χ1n) is 13.1. The summed E-state index contributed by atoms with van der Waals surface area (Å²) in [6.45, 7) is 15.3. The van der Waals surface area contributed by atoms with Crippen LogP contribution in [0.25, 0.3) is 49.8 Å². The third kappa shape index (κ3) is 3.30. The molecular formula is C36H33N. The molecule has 1 nitrogen and oxygen atoms in total. The fraction of sp³-hybridized carbons (Fsp3) is 0.167. The van der Waals surface area contributed by atoms with Gasteiger partial charge in [-0.2, -0.15) is 0 Å². The van der Waals surface area contributed by atoms with Gasteiger partial charge in [-0.25, -0.2) is 0 Å². The van der Waals surface area contributed by atoms with Crippen LogP contribution in [0.15, 0.2) is 104 Å². The van der Waals surface area contributed by atoms with E-state index in [9.17, 15) is 0 Å². The Balaban J connectivity index is 1.72. The second kappa shape index (κ2) is 8.49. The van der Waals surface area contributed by atoms with Gasteiger partial charge in [-0.1, -0.05) is 93.3 Å². The van der Waals surface area contributed by atoms with E-state index < -0.39 is 0 Å². The molecule has 0 saturated carbocycles. The highest BCUT2D eigenvalue weighted by atomic mass is 15.0. The number of allylic oxidation sites excluding steroid dienone is 5. The maximum absolute atomic E-state index is 3.89. The quantitative estimate of drug-likeness (QED) is 0.226. The smallest absolute Gasteiger partial charge is 0.0547 e. The van der Waals surface area contributed by atoms with Crippen molar-refractivity contribution in [1.29, 1.82) is 0 Å². The molecule has 5 aromatic rings. The van der Waals surface area contributed by atoms with Crippen LogP contribution >= 0.6 is 0 Å². The molecule has 1 aliphatic carbocycles. The van der Waals surface area contributed by atoms with Crippen molar-refractivity contribution < 1.29 is 0 Å².